The lowest BCUT2D eigenvalue weighted by Gasteiger charge is -2.15. The Morgan fingerprint density at radius 2 is 2.09 bits per heavy atom. The molecule has 0 saturated carbocycles. The minimum Gasteiger partial charge on any atom is -0.289 e. The van der Waals surface area contributed by atoms with E-state index in [-0.39, 0.29) is 5.50 Å². The number of hydrogen-bond acceptors (Lipinski definition) is 2. The topological polar surface area (TPSA) is 3.24 Å². The summed E-state index contributed by atoms with van der Waals surface area (Å²) in [5.41, 5.74) is -0.0625. The van der Waals surface area contributed by atoms with Crippen molar-refractivity contribution in [2.24, 2.45) is 0 Å². The summed E-state index contributed by atoms with van der Waals surface area (Å²) in [6, 6.07) is 3.81. The average Bonchev–Trinajstić information content (AvgIpc) is 2.34. The summed E-state index contributed by atoms with van der Waals surface area (Å²) in [5, 5.41) is 0. The molecule has 0 aromatic carbocycles. The number of halogens is 2. The van der Waals surface area contributed by atoms with Gasteiger partial charge in [0.15, 0.2) is 0 Å². The maximum Gasteiger partial charge on any atom is 0.119 e. The molecule has 62 valence electrons. The van der Waals surface area contributed by atoms with Crippen molar-refractivity contribution in [1.29, 1.82) is 0 Å². The molecule has 0 radical (unpaired) electrons. The molecule has 0 spiro atoms. The van der Waals surface area contributed by atoms with Gasteiger partial charge in [0, 0.05) is 4.88 Å². The monoisotopic (exact) mass is 209 g/mol. The van der Waals surface area contributed by atoms with Gasteiger partial charge >= 0.3 is 0 Å². The number of nitrogens with zero attached hydrogens (tertiary/aromatic N) is 1. The lowest BCUT2D eigenvalue weighted by atomic mass is 10.4. The van der Waals surface area contributed by atoms with Gasteiger partial charge in [-0.25, -0.2) is 0 Å². The van der Waals surface area contributed by atoms with Crippen LogP contribution in [0.1, 0.15) is 10.4 Å². The lowest BCUT2D eigenvalue weighted by Crippen LogP contribution is -2.13. The molecule has 1 rings (SSSR count). The summed E-state index contributed by atoms with van der Waals surface area (Å²) >= 11 is 13.3. The van der Waals surface area contributed by atoms with Crippen LogP contribution in [-0.2, 0) is 0 Å². The van der Waals surface area contributed by atoms with Crippen molar-refractivity contribution in [2.75, 3.05) is 14.1 Å². The number of thiophene rings is 1. The van der Waals surface area contributed by atoms with Crippen LogP contribution in [0.4, 0.5) is 0 Å². The number of alkyl halides is 1. The van der Waals surface area contributed by atoms with Gasteiger partial charge < -0.3 is 0 Å². The molecule has 0 aliphatic carbocycles. The van der Waals surface area contributed by atoms with Crippen LogP contribution in [0.25, 0.3) is 0 Å². The predicted octanol–water partition coefficient (Wildman–Crippen LogP) is 3.20. The van der Waals surface area contributed by atoms with Gasteiger partial charge in [-0.3, -0.25) is 4.90 Å². The Hall–Kier alpha value is 0.240. The van der Waals surface area contributed by atoms with Crippen LogP contribution in [0.5, 0.6) is 0 Å². The second kappa shape index (κ2) is 3.76. The molecular formula is C7H9Cl2NS. The molecule has 0 aliphatic rings. The fourth-order valence-electron chi connectivity index (χ4n) is 0.711. The van der Waals surface area contributed by atoms with Gasteiger partial charge in [-0.1, -0.05) is 23.2 Å². The molecule has 1 aromatic rings. The van der Waals surface area contributed by atoms with Crippen molar-refractivity contribution in [3.05, 3.63) is 21.3 Å². The Balaban J connectivity index is 2.76. The van der Waals surface area contributed by atoms with Crippen LogP contribution in [0.15, 0.2) is 12.1 Å². The van der Waals surface area contributed by atoms with E-state index >= 15 is 0 Å². The first-order chi connectivity index (χ1) is 5.11. The van der Waals surface area contributed by atoms with Crippen LogP contribution in [0.3, 0.4) is 0 Å². The van der Waals surface area contributed by atoms with E-state index < -0.39 is 0 Å². The minimum atomic E-state index is -0.0625. The second-order valence-corrected chi connectivity index (χ2v) is 4.60. The first kappa shape index (κ1) is 9.33. The molecule has 1 unspecified atom stereocenters. The van der Waals surface area contributed by atoms with Crippen LogP contribution in [0.2, 0.25) is 4.34 Å². The van der Waals surface area contributed by atoms with Gasteiger partial charge in [0.25, 0.3) is 0 Å². The fourth-order valence-corrected chi connectivity index (χ4v) is 2.05. The first-order valence-electron chi connectivity index (χ1n) is 3.17. The normalized spacial score (nSPS) is 13.9. The van der Waals surface area contributed by atoms with Gasteiger partial charge in [-0.2, -0.15) is 0 Å². The Kier molecular flexibility index (Phi) is 3.19. The molecule has 0 aliphatic heterocycles. The number of rotatable bonds is 2. The minimum absolute atomic E-state index is 0.0625. The van der Waals surface area contributed by atoms with Crippen LogP contribution >= 0.6 is 34.5 Å². The maximum atomic E-state index is 6.03. The summed E-state index contributed by atoms with van der Waals surface area (Å²) < 4.78 is 0.785. The SMILES string of the molecule is CN(C)C(Cl)c1ccc(Cl)s1. The largest absolute Gasteiger partial charge is 0.289 e. The number of hydrogen-bond donors (Lipinski definition) is 0. The van der Waals surface area contributed by atoms with Crippen LogP contribution < -0.4 is 0 Å². The highest BCUT2D eigenvalue weighted by molar-refractivity contribution is 7.16. The highest BCUT2D eigenvalue weighted by Gasteiger charge is 2.11. The van der Waals surface area contributed by atoms with E-state index in [9.17, 15) is 0 Å². The van der Waals surface area contributed by atoms with Crippen molar-refractivity contribution < 1.29 is 0 Å². The smallest absolute Gasteiger partial charge is 0.119 e. The highest BCUT2D eigenvalue weighted by atomic mass is 35.5. The van der Waals surface area contributed by atoms with Gasteiger partial charge in [0.1, 0.15) is 5.50 Å². The van der Waals surface area contributed by atoms with Gasteiger partial charge in [-0.15, -0.1) is 11.3 Å². The second-order valence-electron chi connectivity index (χ2n) is 2.44. The molecule has 0 amide bonds. The molecular weight excluding hydrogens is 201 g/mol. The Morgan fingerprint density at radius 3 is 2.45 bits per heavy atom. The maximum absolute atomic E-state index is 6.03. The molecule has 0 saturated heterocycles. The molecule has 0 bridgehead atoms. The first-order valence-corrected chi connectivity index (χ1v) is 4.80. The van der Waals surface area contributed by atoms with Crippen molar-refractivity contribution in [3.63, 3.8) is 0 Å². The Bertz CT molecular complexity index is 234. The van der Waals surface area contributed by atoms with E-state index in [0.29, 0.717) is 0 Å². The van der Waals surface area contributed by atoms with Gasteiger partial charge in [0.05, 0.1) is 4.34 Å². The van der Waals surface area contributed by atoms with E-state index in [1.807, 2.05) is 31.1 Å². The van der Waals surface area contributed by atoms with Crippen molar-refractivity contribution in [1.82, 2.24) is 4.90 Å². The zero-order valence-corrected chi connectivity index (χ0v) is 8.67. The highest BCUT2D eigenvalue weighted by Crippen LogP contribution is 2.31. The zero-order chi connectivity index (χ0) is 8.43. The van der Waals surface area contributed by atoms with Gasteiger partial charge in [0.2, 0.25) is 0 Å². The molecule has 1 heterocycles. The molecule has 1 atom stereocenters. The van der Waals surface area contributed by atoms with Crippen molar-refractivity contribution >= 4 is 34.5 Å². The van der Waals surface area contributed by atoms with Gasteiger partial charge in [-0.05, 0) is 26.2 Å². The van der Waals surface area contributed by atoms with E-state index in [0.717, 1.165) is 9.21 Å². The Labute approximate surface area is 80.5 Å². The predicted molar refractivity (Wildman–Crippen MR) is 51.6 cm³/mol. The van der Waals surface area contributed by atoms with Crippen molar-refractivity contribution in [3.8, 4) is 0 Å². The third kappa shape index (κ3) is 2.34. The van der Waals surface area contributed by atoms with Crippen LogP contribution in [0, 0.1) is 0 Å². The summed E-state index contributed by atoms with van der Waals surface area (Å²) in [6.07, 6.45) is 0. The zero-order valence-electron chi connectivity index (χ0n) is 6.34. The third-order valence-electron chi connectivity index (χ3n) is 1.28. The standard InChI is InChI=1S/C7H9Cl2NS/c1-10(2)7(9)5-3-4-6(8)11-5/h3-4,7H,1-2H3. The summed E-state index contributed by atoms with van der Waals surface area (Å²) in [4.78, 5) is 3.02. The summed E-state index contributed by atoms with van der Waals surface area (Å²) in [5.74, 6) is 0. The van der Waals surface area contributed by atoms with Crippen LogP contribution in [-0.4, -0.2) is 19.0 Å². The summed E-state index contributed by atoms with van der Waals surface area (Å²) in [7, 11) is 3.87. The van der Waals surface area contributed by atoms with E-state index in [1.54, 1.807) is 0 Å². The molecule has 1 aromatic heterocycles. The van der Waals surface area contributed by atoms with E-state index in [2.05, 4.69) is 0 Å². The fraction of sp³-hybridized carbons (Fsp3) is 0.429. The molecule has 4 heteroatoms. The molecule has 0 fully saturated rings. The average molecular weight is 210 g/mol. The van der Waals surface area contributed by atoms with E-state index in [1.165, 1.54) is 11.3 Å². The summed E-state index contributed by atoms with van der Waals surface area (Å²) in [6.45, 7) is 0. The quantitative estimate of drug-likeness (QED) is 0.535. The molecule has 1 nitrogen and oxygen atoms in total. The molecule has 0 N–H and O–H groups in total. The Morgan fingerprint density at radius 1 is 1.45 bits per heavy atom. The molecule has 11 heavy (non-hydrogen) atoms. The third-order valence-corrected chi connectivity index (χ3v) is 3.32. The van der Waals surface area contributed by atoms with E-state index in [4.69, 9.17) is 23.2 Å². The lowest BCUT2D eigenvalue weighted by molar-refractivity contribution is 0.389. The van der Waals surface area contributed by atoms with Crippen molar-refractivity contribution in [2.45, 2.75) is 5.50 Å².